The number of hydrogen-bond acceptors (Lipinski definition) is 3. The quantitative estimate of drug-likeness (QED) is 0.670. The van der Waals surface area contributed by atoms with Crippen molar-refractivity contribution in [1.82, 2.24) is 10.2 Å². The van der Waals surface area contributed by atoms with Gasteiger partial charge in [0.2, 0.25) is 5.91 Å². The Hall–Kier alpha value is -1.10. The number of nitrogens with one attached hydrogen (secondary N) is 1. The lowest BCUT2D eigenvalue weighted by Gasteiger charge is -2.33. The van der Waals surface area contributed by atoms with E-state index in [1.165, 1.54) is 4.90 Å². The number of rotatable bonds is 5. The van der Waals surface area contributed by atoms with Gasteiger partial charge in [0.05, 0.1) is 6.54 Å². The van der Waals surface area contributed by atoms with Gasteiger partial charge in [0.1, 0.15) is 6.04 Å². The van der Waals surface area contributed by atoms with Crippen molar-refractivity contribution in [2.45, 2.75) is 38.6 Å². The SMILES string of the molecule is CCCNCC(=O)N1CCCC[C@H]1C(=O)O. The molecule has 1 rings (SSSR count). The number of aliphatic carboxylic acids is 1. The molecule has 1 amide bonds. The molecule has 0 radical (unpaired) electrons. The molecule has 1 saturated heterocycles. The van der Waals surface area contributed by atoms with E-state index in [9.17, 15) is 9.59 Å². The van der Waals surface area contributed by atoms with Crippen LogP contribution in [0.1, 0.15) is 32.6 Å². The van der Waals surface area contributed by atoms with Crippen molar-refractivity contribution >= 4 is 11.9 Å². The number of carbonyl (C=O) groups excluding carboxylic acids is 1. The molecule has 0 aliphatic carbocycles. The van der Waals surface area contributed by atoms with E-state index in [4.69, 9.17) is 5.11 Å². The van der Waals surface area contributed by atoms with Crippen molar-refractivity contribution in [2.75, 3.05) is 19.6 Å². The molecule has 0 spiro atoms. The van der Waals surface area contributed by atoms with Crippen LogP contribution in [0.5, 0.6) is 0 Å². The zero-order valence-electron chi connectivity index (χ0n) is 9.74. The molecule has 1 heterocycles. The Kier molecular flexibility index (Phi) is 5.25. The van der Waals surface area contributed by atoms with Crippen molar-refractivity contribution in [3.63, 3.8) is 0 Å². The number of likely N-dealkylation sites (tertiary alicyclic amines) is 1. The summed E-state index contributed by atoms with van der Waals surface area (Å²) in [6.45, 7) is 3.64. The lowest BCUT2D eigenvalue weighted by molar-refractivity contribution is -0.151. The first-order valence-electron chi connectivity index (χ1n) is 5.89. The van der Waals surface area contributed by atoms with Crippen molar-refractivity contribution in [3.05, 3.63) is 0 Å². The molecule has 0 unspecified atom stereocenters. The molecule has 5 heteroatoms. The highest BCUT2D eigenvalue weighted by Gasteiger charge is 2.31. The van der Waals surface area contributed by atoms with Crippen LogP contribution < -0.4 is 5.32 Å². The zero-order chi connectivity index (χ0) is 12.0. The maximum absolute atomic E-state index is 11.8. The highest BCUT2D eigenvalue weighted by molar-refractivity contribution is 5.85. The lowest BCUT2D eigenvalue weighted by atomic mass is 10.0. The standard InChI is InChI=1S/C11H20N2O3/c1-2-6-12-8-10(14)13-7-4-3-5-9(13)11(15)16/h9,12H,2-8H2,1H3,(H,15,16)/t9-/m0/s1. The molecule has 2 N–H and O–H groups in total. The van der Waals surface area contributed by atoms with Gasteiger partial charge in [0.25, 0.3) is 0 Å². The van der Waals surface area contributed by atoms with Crippen LogP contribution in [0.2, 0.25) is 0 Å². The molecular weight excluding hydrogens is 208 g/mol. The minimum atomic E-state index is -0.886. The number of carboxylic acids is 1. The average Bonchev–Trinajstić information content (AvgIpc) is 2.29. The summed E-state index contributed by atoms with van der Waals surface area (Å²) in [6.07, 6.45) is 3.34. The summed E-state index contributed by atoms with van der Waals surface area (Å²) in [4.78, 5) is 24.3. The number of nitrogens with zero attached hydrogens (tertiary/aromatic N) is 1. The number of amides is 1. The summed E-state index contributed by atoms with van der Waals surface area (Å²) in [5, 5.41) is 12.0. The van der Waals surface area contributed by atoms with E-state index in [0.717, 1.165) is 25.8 Å². The third-order valence-electron chi connectivity index (χ3n) is 2.81. The normalized spacial score (nSPS) is 20.8. The van der Waals surface area contributed by atoms with E-state index < -0.39 is 12.0 Å². The summed E-state index contributed by atoms with van der Waals surface area (Å²) in [7, 11) is 0. The third-order valence-corrected chi connectivity index (χ3v) is 2.81. The van der Waals surface area contributed by atoms with E-state index >= 15 is 0 Å². The van der Waals surface area contributed by atoms with Crippen LogP contribution in [0.15, 0.2) is 0 Å². The summed E-state index contributed by atoms with van der Waals surface area (Å²) in [6, 6.07) is -0.621. The van der Waals surface area contributed by atoms with Crippen LogP contribution in [0.4, 0.5) is 0 Å². The number of carbonyl (C=O) groups is 2. The Morgan fingerprint density at radius 3 is 2.81 bits per heavy atom. The molecular formula is C11H20N2O3. The molecule has 1 fully saturated rings. The molecule has 1 aliphatic rings. The largest absolute Gasteiger partial charge is 0.480 e. The van der Waals surface area contributed by atoms with Crippen molar-refractivity contribution in [2.24, 2.45) is 0 Å². The van der Waals surface area contributed by atoms with Crippen LogP contribution >= 0.6 is 0 Å². The van der Waals surface area contributed by atoms with Crippen LogP contribution in [0.25, 0.3) is 0 Å². The number of hydrogen-bond donors (Lipinski definition) is 2. The first kappa shape index (κ1) is 13.0. The molecule has 92 valence electrons. The molecule has 5 nitrogen and oxygen atoms in total. The smallest absolute Gasteiger partial charge is 0.326 e. The predicted molar refractivity (Wildman–Crippen MR) is 60.1 cm³/mol. The van der Waals surface area contributed by atoms with Crippen LogP contribution in [0.3, 0.4) is 0 Å². The van der Waals surface area contributed by atoms with Gasteiger partial charge in [-0.15, -0.1) is 0 Å². The molecule has 0 bridgehead atoms. The van der Waals surface area contributed by atoms with Crippen LogP contribution in [-0.4, -0.2) is 47.6 Å². The summed E-state index contributed by atoms with van der Waals surface area (Å²) >= 11 is 0. The Morgan fingerprint density at radius 2 is 2.19 bits per heavy atom. The van der Waals surface area contributed by atoms with Gasteiger partial charge >= 0.3 is 5.97 Å². The maximum Gasteiger partial charge on any atom is 0.326 e. The Morgan fingerprint density at radius 1 is 1.44 bits per heavy atom. The molecule has 0 aromatic rings. The average molecular weight is 228 g/mol. The first-order valence-corrected chi connectivity index (χ1v) is 5.89. The Labute approximate surface area is 95.8 Å². The molecule has 0 aromatic carbocycles. The van der Waals surface area contributed by atoms with Crippen molar-refractivity contribution < 1.29 is 14.7 Å². The van der Waals surface area contributed by atoms with Crippen LogP contribution in [0, 0.1) is 0 Å². The number of carboxylic acid groups (broad SMARTS) is 1. The minimum Gasteiger partial charge on any atom is -0.480 e. The van der Waals surface area contributed by atoms with Crippen molar-refractivity contribution in [3.8, 4) is 0 Å². The van der Waals surface area contributed by atoms with Gasteiger partial charge < -0.3 is 15.3 Å². The minimum absolute atomic E-state index is 0.0967. The van der Waals surface area contributed by atoms with E-state index in [1.54, 1.807) is 0 Å². The van der Waals surface area contributed by atoms with Gasteiger partial charge in [0.15, 0.2) is 0 Å². The molecule has 1 aliphatic heterocycles. The fourth-order valence-corrected chi connectivity index (χ4v) is 1.96. The van der Waals surface area contributed by atoms with E-state index in [1.807, 2.05) is 6.92 Å². The molecule has 16 heavy (non-hydrogen) atoms. The van der Waals surface area contributed by atoms with Crippen LogP contribution in [-0.2, 0) is 9.59 Å². The van der Waals surface area contributed by atoms with Gasteiger partial charge in [-0.3, -0.25) is 4.79 Å². The van der Waals surface area contributed by atoms with Gasteiger partial charge in [0, 0.05) is 6.54 Å². The summed E-state index contributed by atoms with van der Waals surface area (Å²) in [5.74, 6) is -0.982. The predicted octanol–water partition coefficient (Wildman–Crippen LogP) is 0.452. The fraction of sp³-hybridized carbons (Fsp3) is 0.818. The summed E-state index contributed by atoms with van der Waals surface area (Å²) < 4.78 is 0. The van der Waals surface area contributed by atoms with E-state index in [0.29, 0.717) is 13.0 Å². The van der Waals surface area contributed by atoms with Gasteiger partial charge in [-0.2, -0.15) is 0 Å². The second-order valence-electron chi connectivity index (χ2n) is 4.11. The van der Waals surface area contributed by atoms with Crippen molar-refractivity contribution in [1.29, 1.82) is 0 Å². The Bertz CT molecular complexity index is 256. The molecule has 0 aromatic heterocycles. The van der Waals surface area contributed by atoms with Gasteiger partial charge in [-0.25, -0.2) is 4.79 Å². The monoisotopic (exact) mass is 228 g/mol. The first-order chi connectivity index (χ1) is 7.66. The summed E-state index contributed by atoms with van der Waals surface area (Å²) in [5.41, 5.74) is 0. The topological polar surface area (TPSA) is 69.6 Å². The second kappa shape index (κ2) is 6.48. The molecule has 1 atom stereocenters. The van der Waals surface area contributed by atoms with E-state index in [2.05, 4.69) is 5.32 Å². The van der Waals surface area contributed by atoms with Gasteiger partial charge in [-0.1, -0.05) is 6.92 Å². The lowest BCUT2D eigenvalue weighted by Crippen LogP contribution is -2.50. The third kappa shape index (κ3) is 3.48. The fourth-order valence-electron chi connectivity index (χ4n) is 1.96. The highest BCUT2D eigenvalue weighted by atomic mass is 16.4. The Balaban J connectivity index is 2.47. The molecule has 0 saturated carbocycles. The highest BCUT2D eigenvalue weighted by Crippen LogP contribution is 2.17. The maximum atomic E-state index is 11.8. The number of piperidine rings is 1. The van der Waals surface area contributed by atoms with Gasteiger partial charge in [-0.05, 0) is 32.2 Å². The zero-order valence-corrected chi connectivity index (χ0v) is 9.74. The van der Waals surface area contributed by atoms with E-state index in [-0.39, 0.29) is 12.5 Å². The second-order valence-corrected chi connectivity index (χ2v) is 4.11.